The Balaban J connectivity index is 2.53. The molecule has 17 heavy (non-hydrogen) atoms. The second-order valence-corrected chi connectivity index (χ2v) is 4.93. The summed E-state index contributed by atoms with van der Waals surface area (Å²) in [4.78, 5) is 11.2. The maximum atomic E-state index is 11.2. The fraction of sp³-hybridized carbons (Fsp3) is 0.500. The van der Waals surface area contributed by atoms with Gasteiger partial charge in [-0.3, -0.25) is 0 Å². The third kappa shape index (κ3) is 1.79. The summed E-state index contributed by atoms with van der Waals surface area (Å²) < 4.78 is 5.48. The third-order valence-corrected chi connectivity index (χ3v) is 3.85. The van der Waals surface area contributed by atoms with E-state index in [1.807, 2.05) is 13.8 Å². The summed E-state index contributed by atoms with van der Waals surface area (Å²) in [5, 5.41) is 0. The van der Waals surface area contributed by atoms with Crippen molar-refractivity contribution in [3.8, 4) is 0 Å². The molecule has 0 aliphatic heterocycles. The largest absolute Gasteiger partial charge is 0.438 e. The highest BCUT2D eigenvalue weighted by atomic mass is 16.6. The average molecular weight is 233 g/mol. The van der Waals surface area contributed by atoms with Gasteiger partial charge in [-0.1, -0.05) is 37.6 Å². The minimum atomic E-state index is -0.687. The maximum absolute atomic E-state index is 11.2. The van der Waals surface area contributed by atoms with E-state index in [2.05, 4.69) is 25.1 Å². The highest BCUT2D eigenvalue weighted by Crippen LogP contribution is 2.46. The van der Waals surface area contributed by atoms with Crippen molar-refractivity contribution in [2.45, 2.75) is 39.2 Å². The molecular weight excluding hydrogens is 214 g/mol. The zero-order valence-electron chi connectivity index (χ0n) is 10.6. The number of aryl methyl sites for hydroxylation is 1. The fourth-order valence-corrected chi connectivity index (χ4v) is 2.97. The molecule has 0 spiro atoms. The lowest BCUT2D eigenvalue weighted by molar-refractivity contribution is -0.0229. The molecular formula is C14H19NO2. The van der Waals surface area contributed by atoms with E-state index in [4.69, 9.17) is 10.5 Å². The van der Waals surface area contributed by atoms with Gasteiger partial charge in [-0.05, 0) is 30.9 Å². The predicted molar refractivity (Wildman–Crippen MR) is 66.7 cm³/mol. The molecule has 1 amide bonds. The van der Waals surface area contributed by atoms with Gasteiger partial charge in [-0.2, -0.15) is 0 Å². The van der Waals surface area contributed by atoms with E-state index in [1.165, 1.54) is 11.1 Å². The molecule has 1 aliphatic carbocycles. The molecule has 0 saturated heterocycles. The Morgan fingerprint density at radius 1 is 1.59 bits per heavy atom. The first-order chi connectivity index (χ1) is 7.99. The van der Waals surface area contributed by atoms with E-state index in [-0.39, 0.29) is 5.92 Å². The number of hydrogen-bond acceptors (Lipinski definition) is 2. The van der Waals surface area contributed by atoms with Crippen molar-refractivity contribution in [3.63, 3.8) is 0 Å². The van der Waals surface area contributed by atoms with E-state index < -0.39 is 11.7 Å². The second-order valence-electron chi connectivity index (χ2n) is 4.93. The van der Waals surface area contributed by atoms with Gasteiger partial charge in [-0.15, -0.1) is 0 Å². The van der Waals surface area contributed by atoms with Gasteiger partial charge in [-0.25, -0.2) is 4.79 Å². The second kappa shape index (κ2) is 4.06. The number of rotatable bonds is 2. The Morgan fingerprint density at radius 3 is 2.88 bits per heavy atom. The van der Waals surface area contributed by atoms with Gasteiger partial charge in [0, 0.05) is 5.92 Å². The van der Waals surface area contributed by atoms with Crippen molar-refractivity contribution in [3.05, 3.63) is 34.9 Å². The van der Waals surface area contributed by atoms with Crippen molar-refractivity contribution in [1.82, 2.24) is 0 Å². The van der Waals surface area contributed by atoms with Crippen molar-refractivity contribution in [1.29, 1.82) is 0 Å². The molecule has 1 aliphatic rings. The zero-order chi connectivity index (χ0) is 12.6. The summed E-state index contributed by atoms with van der Waals surface area (Å²) in [5.74, 6) is 0.275. The Kier molecular flexibility index (Phi) is 2.86. The van der Waals surface area contributed by atoms with Crippen LogP contribution < -0.4 is 5.73 Å². The van der Waals surface area contributed by atoms with Crippen LogP contribution in [-0.4, -0.2) is 6.09 Å². The number of hydrogen-bond donors (Lipinski definition) is 1. The van der Waals surface area contributed by atoms with Crippen LogP contribution in [0.15, 0.2) is 18.2 Å². The zero-order valence-corrected chi connectivity index (χ0v) is 10.6. The first-order valence-electron chi connectivity index (χ1n) is 6.08. The van der Waals surface area contributed by atoms with E-state index in [0.29, 0.717) is 0 Å². The Morgan fingerprint density at radius 2 is 2.29 bits per heavy atom. The summed E-state index contributed by atoms with van der Waals surface area (Å²) in [5.41, 5.74) is 8.28. The monoisotopic (exact) mass is 233 g/mol. The molecule has 0 bridgehead atoms. The van der Waals surface area contributed by atoms with Crippen LogP contribution in [0, 0.1) is 12.8 Å². The minimum Gasteiger partial charge on any atom is -0.438 e. The van der Waals surface area contributed by atoms with Crippen molar-refractivity contribution < 1.29 is 9.53 Å². The number of nitrogens with two attached hydrogens (primary N) is 1. The summed E-state index contributed by atoms with van der Waals surface area (Å²) in [6.45, 7) is 6.20. The molecule has 3 heteroatoms. The molecule has 2 rings (SSSR count). The van der Waals surface area contributed by atoms with Gasteiger partial charge < -0.3 is 10.5 Å². The number of amides is 1. The van der Waals surface area contributed by atoms with E-state index in [1.54, 1.807) is 0 Å². The van der Waals surface area contributed by atoms with Gasteiger partial charge in [0.15, 0.2) is 0 Å². The number of carbonyl (C=O) groups is 1. The molecule has 0 radical (unpaired) electrons. The molecule has 0 aromatic heterocycles. The van der Waals surface area contributed by atoms with Crippen LogP contribution in [0.5, 0.6) is 0 Å². The lowest BCUT2D eigenvalue weighted by Crippen LogP contribution is -2.37. The van der Waals surface area contributed by atoms with Crippen LogP contribution in [0.3, 0.4) is 0 Å². The maximum Gasteiger partial charge on any atom is 0.405 e. The van der Waals surface area contributed by atoms with E-state index in [0.717, 1.165) is 18.4 Å². The lowest BCUT2D eigenvalue weighted by Gasteiger charge is -2.33. The summed E-state index contributed by atoms with van der Waals surface area (Å²) in [6, 6.07) is 6.34. The number of ether oxygens (including phenoxy) is 1. The highest BCUT2D eigenvalue weighted by molar-refractivity contribution is 5.66. The summed E-state index contributed by atoms with van der Waals surface area (Å²) in [6.07, 6.45) is 1.01. The number of benzene rings is 1. The van der Waals surface area contributed by atoms with Crippen LogP contribution in [-0.2, 0) is 16.8 Å². The van der Waals surface area contributed by atoms with E-state index >= 15 is 0 Å². The van der Waals surface area contributed by atoms with Gasteiger partial charge in [0.2, 0.25) is 0 Å². The molecule has 0 heterocycles. The minimum absolute atomic E-state index is 0.275. The first kappa shape index (κ1) is 12.0. The molecule has 0 fully saturated rings. The first-order valence-corrected chi connectivity index (χ1v) is 6.08. The van der Waals surface area contributed by atoms with Crippen LogP contribution in [0.4, 0.5) is 4.79 Å². The lowest BCUT2D eigenvalue weighted by atomic mass is 9.85. The van der Waals surface area contributed by atoms with Crippen LogP contribution in [0.2, 0.25) is 0 Å². The molecule has 1 aromatic rings. The van der Waals surface area contributed by atoms with E-state index in [9.17, 15) is 4.79 Å². The molecule has 1 aromatic carbocycles. The Hall–Kier alpha value is -1.51. The molecule has 3 nitrogen and oxygen atoms in total. The van der Waals surface area contributed by atoms with Crippen molar-refractivity contribution in [2.75, 3.05) is 0 Å². The average Bonchev–Trinajstić information content (AvgIpc) is 2.52. The SMILES string of the molecule is CC[C@]1(OC(N)=O)c2cc(C)ccc2C[C@@H]1C. The molecule has 2 N–H and O–H groups in total. The fourth-order valence-electron chi connectivity index (χ4n) is 2.97. The number of primary amides is 1. The van der Waals surface area contributed by atoms with Gasteiger partial charge in [0.1, 0.15) is 5.60 Å². The normalized spacial score (nSPS) is 26.6. The number of carbonyl (C=O) groups excluding carboxylic acids is 1. The smallest absolute Gasteiger partial charge is 0.405 e. The van der Waals surface area contributed by atoms with Gasteiger partial charge >= 0.3 is 6.09 Å². The molecule has 0 saturated carbocycles. The van der Waals surface area contributed by atoms with Gasteiger partial charge in [0.25, 0.3) is 0 Å². The Labute approximate surface area is 102 Å². The predicted octanol–water partition coefficient (Wildman–Crippen LogP) is 2.89. The quantitative estimate of drug-likeness (QED) is 0.853. The van der Waals surface area contributed by atoms with Crippen LogP contribution in [0.25, 0.3) is 0 Å². The van der Waals surface area contributed by atoms with Gasteiger partial charge in [0.05, 0.1) is 0 Å². The summed E-state index contributed by atoms with van der Waals surface area (Å²) >= 11 is 0. The molecule has 0 unspecified atom stereocenters. The van der Waals surface area contributed by atoms with Crippen molar-refractivity contribution >= 4 is 6.09 Å². The topological polar surface area (TPSA) is 52.3 Å². The van der Waals surface area contributed by atoms with Crippen LogP contribution >= 0.6 is 0 Å². The van der Waals surface area contributed by atoms with Crippen LogP contribution in [0.1, 0.15) is 37.0 Å². The van der Waals surface area contributed by atoms with Crippen molar-refractivity contribution in [2.24, 2.45) is 11.7 Å². The third-order valence-electron chi connectivity index (χ3n) is 3.85. The standard InChI is InChI=1S/C14H19NO2/c1-4-14(17-13(15)16)10(3)8-11-6-5-9(2)7-12(11)14/h5-7,10H,4,8H2,1-3H3,(H2,15,16)/t10-,14+/m0/s1. The summed E-state index contributed by atoms with van der Waals surface area (Å²) in [7, 11) is 0. The Bertz CT molecular complexity index is 456. The number of fused-ring (bicyclic) bond motifs is 1. The highest BCUT2D eigenvalue weighted by Gasteiger charge is 2.46. The molecule has 92 valence electrons. The molecule has 2 atom stereocenters.